The lowest BCUT2D eigenvalue weighted by atomic mass is 10.1. The molecule has 23 heavy (non-hydrogen) atoms. The molecule has 0 aliphatic carbocycles. The van der Waals surface area contributed by atoms with Crippen LogP contribution in [0.1, 0.15) is 23.3 Å². The normalized spacial score (nSPS) is 18.6. The van der Waals surface area contributed by atoms with Gasteiger partial charge in [-0.25, -0.2) is 10.2 Å². The van der Waals surface area contributed by atoms with Gasteiger partial charge in [-0.1, -0.05) is 17.3 Å². The lowest BCUT2D eigenvalue weighted by molar-refractivity contribution is -0.991. The first-order chi connectivity index (χ1) is 11.2. The lowest BCUT2D eigenvalue weighted by Gasteiger charge is -2.19. The molecule has 4 rings (SSSR count). The molecular weight excluding hydrogens is 300 g/mol. The predicted molar refractivity (Wildman–Crippen MR) is 77.4 cm³/mol. The van der Waals surface area contributed by atoms with Crippen LogP contribution in [0.5, 0.6) is 0 Å². The maximum atomic E-state index is 11.0. The van der Waals surface area contributed by atoms with Gasteiger partial charge >= 0.3 is 0 Å². The van der Waals surface area contributed by atoms with Gasteiger partial charge in [-0.15, -0.1) is 0 Å². The van der Waals surface area contributed by atoms with Crippen LogP contribution in [0.3, 0.4) is 0 Å². The topological polar surface area (TPSA) is 127 Å². The second-order valence-corrected chi connectivity index (χ2v) is 5.31. The number of fused-ring (bicyclic) bond motifs is 1. The van der Waals surface area contributed by atoms with E-state index >= 15 is 0 Å². The van der Waals surface area contributed by atoms with Crippen LogP contribution in [0.25, 0.3) is 11.4 Å². The van der Waals surface area contributed by atoms with E-state index < -0.39 is 5.23 Å². The molecule has 1 aliphatic heterocycles. The molecule has 3 heterocycles. The van der Waals surface area contributed by atoms with Crippen molar-refractivity contribution in [3.63, 3.8) is 0 Å². The summed E-state index contributed by atoms with van der Waals surface area (Å²) in [6.07, 6.45) is 2.33. The van der Waals surface area contributed by atoms with E-state index in [1.807, 2.05) is 0 Å². The maximum absolute atomic E-state index is 11.0. The second-order valence-electron chi connectivity index (χ2n) is 5.31. The van der Waals surface area contributed by atoms with E-state index in [1.54, 1.807) is 18.5 Å². The molecule has 2 atom stereocenters. The number of quaternary nitrogens is 1. The first-order valence-corrected chi connectivity index (χ1v) is 7.12. The van der Waals surface area contributed by atoms with Gasteiger partial charge in [0.2, 0.25) is 11.7 Å². The molecule has 118 valence electrons. The molecule has 9 nitrogen and oxygen atoms in total. The van der Waals surface area contributed by atoms with Crippen LogP contribution in [0, 0.1) is 5.21 Å². The smallest absolute Gasteiger partial charge is 0.244 e. The van der Waals surface area contributed by atoms with E-state index in [-0.39, 0.29) is 11.7 Å². The van der Waals surface area contributed by atoms with Crippen LogP contribution in [0.2, 0.25) is 0 Å². The van der Waals surface area contributed by atoms with Crippen molar-refractivity contribution >= 4 is 5.69 Å². The zero-order valence-corrected chi connectivity index (χ0v) is 12.0. The van der Waals surface area contributed by atoms with Crippen LogP contribution >= 0.6 is 0 Å². The second kappa shape index (κ2) is 5.56. The van der Waals surface area contributed by atoms with Crippen LogP contribution in [-0.2, 0) is 13.0 Å². The number of hydrogen-bond acceptors (Lipinski definition) is 7. The summed E-state index contributed by atoms with van der Waals surface area (Å²) in [6.45, 7) is 0.659. The predicted octanol–water partition coefficient (Wildman–Crippen LogP) is 0.250. The van der Waals surface area contributed by atoms with Crippen LogP contribution in [-0.4, -0.2) is 25.3 Å². The highest BCUT2D eigenvalue weighted by Gasteiger charge is 2.26. The molecule has 2 aromatic heterocycles. The molecule has 0 bridgehead atoms. The Morgan fingerprint density at radius 3 is 3.17 bits per heavy atom. The highest BCUT2D eigenvalue weighted by atomic mass is 16.8. The number of hydrogen-bond donors (Lipinski definition) is 4. The summed E-state index contributed by atoms with van der Waals surface area (Å²) in [4.78, 5) is 11.8. The fourth-order valence-corrected chi connectivity index (χ4v) is 2.63. The third-order valence-corrected chi connectivity index (χ3v) is 3.84. The Morgan fingerprint density at radius 1 is 1.39 bits per heavy atom. The van der Waals surface area contributed by atoms with Crippen molar-refractivity contribution in [2.45, 2.75) is 19.0 Å². The van der Waals surface area contributed by atoms with Crippen LogP contribution in [0.4, 0.5) is 5.69 Å². The van der Waals surface area contributed by atoms with Gasteiger partial charge in [0, 0.05) is 30.7 Å². The summed E-state index contributed by atoms with van der Waals surface area (Å²) < 4.78 is 5.34. The Kier molecular flexibility index (Phi) is 3.39. The SMILES string of the molecule is [O-][NH+](O)c1cccc(-c2noc([C@@H]3Cc4nc[nH]c4CN3)n2)c1. The largest absolute Gasteiger partial charge is 0.595 e. The molecule has 0 fully saturated rings. The van der Waals surface area contributed by atoms with Gasteiger partial charge in [-0.3, -0.25) is 5.32 Å². The van der Waals surface area contributed by atoms with Gasteiger partial charge < -0.3 is 14.7 Å². The summed E-state index contributed by atoms with van der Waals surface area (Å²) in [5.74, 6) is 0.840. The van der Waals surface area contributed by atoms with E-state index in [4.69, 9.17) is 9.73 Å². The van der Waals surface area contributed by atoms with Crippen molar-refractivity contribution in [3.8, 4) is 11.4 Å². The molecule has 0 saturated heterocycles. The van der Waals surface area contributed by atoms with E-state index in [2.05, 4.69) is 25.4 Å². The summed E-state index contributed by atoms with van der Waals surface area (Å²) >= 11 is 0. The number of aromatic nitrogens is 4. The molecule has 1 aromatic carbocycles. The molecule has 1 aliphatic rings. The summed E-state index contributed by atoms with van der Waals surface area (Å²) in [5, 5.41) is 26.4. The molecule has 4 N–H and O–H groups in total. The molecule has 0 amide bonds. The van der Waals surface area contributed by atoms with E-state index in [0.717, 1.165) is 11.4 Å². The Balaban J connectivity index is 1.59. The van der Waals surface area contributed by atoms with Crippen molar-refractivity contribution in [2.24, 2.45) is 0 Å². The van der Waals surface area contributed by atoms with Crippen molar-refractivity contribution in [2.75, 3.05) is 0 Å². The highest BCUT2D eigenvalue weighted by Crippen LogP contribution is 2.25. The summed E-state index contributed by atoms with van der Waals surface area (Å²) in [6, 6.07) is 6.35. The molecular formula is C14H14N6O3. The minimum atomic E-state index is -0.990. The van der Waals surface area contributed by atoms with E-state index in [1.165, 1.54) is 12.1 Å². The molecule has 9 heteroatoms. The first kappa shape index (κ1) is 14.0. The summed E-state index contributed by atoms with van der Waals surface area (Å²) in [7, 11) is 0. The molecule has 0 saturated carbocycles. The van der Waals surface area contributed by atoms with Gasteiger partial charge in [-0.2, -0.15) is 10.2 Å². The monoisotopic (exact) mass is 314 g/mol. The van der Waals surface area contributed by atoms with Gasteiger partial charge in [0.05, 0.1) is 23.8 Å². The fourth-order valence-electron chi connectivity index (χ4n) is 2.63. The number of nitrogens with zero attached hydrogens (tertiary/aromatic N) is 3. The molecule has 1 unspecified atom stereocenters. The number of rotatable bonds is 3. The van der Waals surface area contributed by atoms with Gasteiger partial charge in [-0.05, 0) is 0 Å². The summed E-state index contributed by atoms with van der Waals surface area (Å²) in [5.41, 5.74) is 2.85. The number of imidazole rings is 1. The van der Waals surface area contributed by atoms with E-state index in [0.29, 0.717) is 30.2 Å². The molecule has 3 aromatic rings. The van der Waals surface area contributed by atoms with Crippen molar-refractivity contribution in [3.05, 3.63) is 53.1 Å². The minimum Gasteiger partial charge on any atom is -0.595 e. The quantitative estimate of drug-likeness (QED) is 0.510. The lowest BCUT2D eigenvalue weighted by Crippen LogP contribution is -2.99. The standard InChI is InChI=1S/C14H14N6O3/c21-20(22)9-3-1-2-8(4-9)13-18-14(23-19-13)11-5-10-12(6-15-11)17-7-16-10/h1-4,7,11,15,20-21H,5-6H2,(H,16,17)/t11-/m0/s1. The third-order valence-electron chi connectivity index (χ3n) is 3.84. The van der Waals surface area contributed by atoms with Gasteiger partial charge in [0.15, 0.2) is 5.69 Å². The number of aromatic amines is 1. The Hall–Kier alpha value is -2.59. The first-order valence-electron chi connectivity index (χ1n) is 7.12. The Bertz CT molecular complexity index is 827. The average Bonchev–Trinajstić information content (AvgIpc) is 3.23. The zero-order chi connectivity index (χ0) is 15.8. The van der Waals surface area contributed by atoms with Crippen molar-refractivity contribution in [1.82, 2.24) is 25.4 Å². The van der Waals surface area contributed by atoms with Crippen LogP contribution < -0.4 is 10.5 Å². The minimum absolute atomic E-state index is 0.102. The molecule has 0 radical (unpaired) electrons. The van der Waals surface area contributed by atoms with Crippen LogP contribution in [0.15, 0.2) is 35.1 Å². The fraction of sp³-hybridized carbons (Fsp3) is 0.214. The number of H-pyrrole nitrogens is 1. The highest BCUT2D eigenvalue weighted by molar-refractivity contribution is 5.58. The van der Waals surface area contributed by atoms with E-state index in [9.17, 15) is 5.21 Å². The van der Waals surface area contributed by atoms with Crippen molar-refractivity contribution in [1.29, 1.82) is 0 Å². The average molecular weight is 314 g/mol. The third kappa shape index (κ3) is 2.62. The molecule has 0 spiro atoms. The number of benzene rings is 1. The van der Waals surface area contributed by atoms with Gasteiger partial charge in [0.1, 0.15) is 0 Å². The zero-order valence-electron chi connectivity index (χ0n) is 12.0. The van der Waals surface area contributed by atoms with Gasteiger partial charge in [0.25, 0.3) is 0 Å². The maximum Gasteiger partial charge on any atom is 0.244 e. The van der Waals surface area contributed by atoms with Crippen molar-refractivity contribution < 1.29 is 15.0 Å². The Labute approximate surface area is 130 Å². The number of nitrogens with one attached hydrogen (secondary N) is 3. The Morgan fingerprint density at radius 2 is 2.30 bits per heavy atom.